The van der Waals surface area contributed by atoms with E-state index in [2.05, 4.69) is 28.4 Å². The molecule has 4 nitrogen and oxygen atoms in total. The highest BCUT2D eigenvalue weighted by atomic mass is 15.4. The Labute approximate surface area is 78.8 Å². The van der Waals surface area contributed by atoms with E-state index in [0.29, 0.717) is 24.3 Å². The molecule has 1 aliphatic carbocycles. The van der Waals surface area contributed by atoms with Gasteiger partial charge in [-0.1, -0.05) is 0 Å². The summed E-state index contributed by atoms with van der Waals surface area (Å²) >= 11 is 0. The molecule has 2 heterocycles. The fourth-order valence-electron chi connectivity index (χ4n) is 3.07. The number of fused-ring (bicyclic) bond motifs is 2. The summed E-state index contributed by atoms with van der Waals surface area (Å²) in [6, 6.07) is 2.09. The van der Waals surface area contributed by atoms with Crippen LogP contribution in [0.2, 0.25) is 0 Å². The molecule has 0 aromatic heterocycles. The van der Waals surface area contributed by atoms with Crippen LogP contribution < -0.4 is 21.5 Å². The lowest BCUT2D eigenvalue weighted by atomic mass is 9.80. The summed E-state index contributed by atoms with van der Waals surface area (Å²) in [4.78, 5) is 0. The van der Waals surface area contributed by atoms with E-state index in [1.165, 1.54) is 12.8 Å². The molecule has 2 saturated heterocycles. The van der Waals surface area contributed by atoms with Gasteiger partial charge in [-0.2, -0.15) is 0 Å². The second-order valence-corrected chi connectivity index (χ2v) is 4.63. The molecule has 3 fully saturated rings. The molecule has 0 aromatic rings. The van der Waals surface area contributed by atoms with Gasteiger partial charge in [0.1, 0.15) is 0 Å². The van der Waals surface area contributed by atoms with Gasteiger partial charge in [0.2, 0.25) is 0 Å². The van der Waals surface area contributed by atoms with E-state index in [9.17, 15) is 0 Å². The molecule has 4 N–H and O–H groups in total. The summed E-state index contributed by atoms with van der Waals surface area (Å²) in [5, 5.41) is 7.19. The Morgan fingerprint density at radius 1 is 1.00 bits per heavy atom. The zero-order chi connectivity index (χ0) is 8.84. The summed E-state index contributed by atoms with van der Waals surface area (Å²) < 4.78 is 0. The summed E-state index contributed by atoms with van der Waals surface area (Å²) in [5.74, 6) is 0.834. The maximum Gasteiger partial charge on any atom is 0.0547 e. The minimum absolute atomic E-state index is 0.502. The molecular formula is C9H18N4. The first-order chi connectivity index (χ1) is 6.33. The van der Waals surface area contributed by atoms with E-state index < -0.39 is 0 Å². The molecule has 74 valence electrons. The average Bonchev–Trinajstić information content (AvgIpc) is 2.63. The van der Waals surface area contributed by atoms with E-state index in [4.69, 9.17) is 0 Å². The van der Waals surface area contributed by atoms with Gasteiger partial charge in [0.05, 0.1) is 6.17 Å². The minimum Gasteiger partial charge on any atom is -0.298 e. The molecule has 5 atom stereocenters. The first-order valence-electron chi connectivity index (χ1n) is 5.33. The van der Waals surface area contributed by atoms with Crippen LogP contribution in [0.25, 0.3) is 0 Å². The van der Waals surface area contributed by atoms with E-state index in [-0.39, 0.29) is 0 Å². The second-order valence-electron chi connectivity index (χ2n) is 4.63. The van der Waals surface area contributed by atoms with Crippen molar-refractivity contribution in [1.29, 1.82) is 0 Å². The quantitative estimate of drug-likeness (QED) is 0.394. The van der Waals surface area contributed by atoms with E-state index in [0.717, 1.165) is 12.5 Å². The van der Waals surface area contributed by atoms with Crippen molar-refractivity contribution < 1.29 is 0 Å². The molecule has 0 bridgehead atoms. The Balaban J connectivity index is 1.73. The molecule has 0 spiro atoms. The van der Waals surface area contributed by atoms with Crippen LogP contribution in [0.5, 0.6) is 0 Å². The Hall–Kier alpha value is -0.160. The Morgan fingerprint density at radius 3 is 2.62 bits per heavy atom. The maximum absolute atomic E-state index is 3.60. The lowest BCUT2D eigenvalue weighted by molar-refractivity contribution is 0.265. The highest BCUT2D eigenvalue weighted by molar-refractivity contribution is 5.02. The smallest absolute Gasteiger partial charge is 0.0547 e. The standard InChI is InChI=1S/C9H18N4/c1-5-11-8-2-6-4-10-13-7(6)3-9(8)12-5/h5-13H,2-4H2,1H3. The van der Waals surface area contributed by atoms with Crippen molar-refractivity contribution in [2.45, 2.75) is 44.1 Å². The van der Waals surface area contributed by atoms with Gasteiger partial charge in [0.15, 0.2) is 0 Å². The Kier molecular flexibility index (Phi) is 1.83. The maximum atomic E-state index is 3.60. The van der Waals surface area contributed by atoms with E-state index >= 15 is 0 Å². The normalized spacial score (nSPS) is 54.7. The molecule has 1 saturated carbocycles. The third-order valence-corrected chi connectivity index (χ3v) is 3.70. The zero-order valence-electron chi connectivity index (χ0n) is 8.01. The molecular weight excluding hydrogens is 164 g/mol. The van der Waals surface area contributed by atoms with E-state index in [1.807, 2.05) is 0 Å². The van der Waals surface area contributed by atoms with Crippen molar-refractivity contribution >= 4 is 0 Å². The van der Waals surface area contributed by atoms with Crippen LogP contribution in [-0.4, -0.2) is 30.8 Å². The molecule has 0 amide bonds. The van der Waals surface area contributed by atoms with Crippen LogP contribution in [0.1, 0.15) is 19.8 Å². The van der Waals surface area contributed by atoms with Gasteiger partial charge in [-0.15, -0.1) is 0 Å². The molecule has 5 unspecified atom stereocenters. The number of rotatable bonds is 0. The van der Waals surface area contributed by atoms with Crippen LogP contribution in [-0.2, 0) is 0 Å². The van der Waals surface area contributed by atoms with Gasteiger partial charge < -0.3 is 0 Å². The molecule has 3 rings (SSSR count). The third-order valence-electron chi connectivity index (χ3n) is 3.70. The SMILES string of the molecule is CC1NC2CC3CNNC3CC2N1. The fourth-order valence-corrected chi connectivity index (χ4v) is 3.07. The average molecular weight is 182 g/mol. The van der Waals surface area contributed by atoms with E-state index in [1.54, 1.807) is 0 Å². The number of hydrogen-bond acceptors (Lipinski definition) is 4. The molecule has 0 radical (unpaired) electrons. The summed E-state index contributed by atoms with van der Waals surface area (Å²) in [7, 11) is 0. The van der Waals surface area contributed by atoms with Crippen LogP contribution in [0.15, 0.2) is 0 Å². The molecule has 4 heteroatoms. The third kappa shape index (κ3) is 1.29. The van der Waals surface area contributed by atoms with Crippen LogP contribution in [0.4, 0.5) is 0 Å². The Morgan fingerprint density at radius 2 is 1.77 bits per heavy atom. The van der Waals surface area contributed by atoms with Crippen molar-refractivity contribution in [3.63, 3.8) is 0 Å². The first kappa shape index (κ1) is 8.17. The topological polar surface area (TPSA) is 48.1 Å². The van der Waals surface area contributed by atoms with Gasteiger partial charge in [0, 0.05) is 24.7 Å². The number of nitrogens with one attached hydrogen (secondary N) is 4. The molecule has 3 aliphatic rings. The van der Waals surface area contributed by atoms with Crippen LogP contribution in [0, 0.1) is 5.92 Å². The fraction of sp³-hybridized carbons (Fsp3) is 1.00. The lowest BCUT2D eigenvalue weighted by Crippen LogP contribution is -2.48. The van der Waals surface area contributed by atoms with Gasteiger partial charge >= 0.3 is 0 Å². The lowest BCUT2D eigenvalue weighted by Gasteiger charge is -2.33. The summed E-state index contributed by atoms with van der Waals surface area (Å²) in [6.07, 6.45) is 3.08. The highest BCUT2D eigenvalue weighted by Gasteiger charge is 2.42. The van der Waals surface area contributed by atoms with Crippen molar-refractivity contribution in [3.05, 3.63) is 0 Å². The predicted molar refractivity (Wildman–Crippen MR) is 51.0 cm³/mol. The highest BCUT2D eigenvalue weighted by Crippen LogP contribution is 2.29. The second kappa shape index (κ2) is 2.92. The van der Waals surface area contributed by atoms with Gasteiger partial charge in [0.25, 0.3) is 0 Å². The van der Waals surface area contributed by atoms with Gasteiger partial charge in [-0.05, 0) is 25.7 Å². The number of hydrogen-bond donors (Lipinski definition) is 4. The van der Waals surface area contributed by atoms with Crippen molar-refractivity contribution in [3.8, 4) is 0 Å². The minimum atomic E-state index is 0.502. The van der Waals surface area contributed by atoms with Crippen molar-refractivity contribution in [1.82, 2.24) is 21.5 Å². The molecule has 13 heavy (non-hydrogen) atoms. The Bertz CT molecular complexity index is 188. The van der Waals surface area contributed by atoms with Gasteiger partial charge in [-0.3, -0.25) is 21.5 Å². The summed E-state index contributed by atoms with van der Waals surface area (Å²) in [5.41, 5.74) is 6.63. The first-order valence-corrected chi connectivity index (χ1v) is 5.33. The van der Waals surface area contributed by atoms with Crippen LogP contribution in [0.3, 0.4) is 0 Å². The zero-order valence-corrected chi connectivity index (χ0v) is 8.01. The largest absolute Gasteiger partial charge is 0.298 e. The monoisotopic (exact) mass is 182 g/mol. The van der Waals surface area contributed by atoms with Crippen LogP contribution >= 0.6 is 0 Å². The summed E-state index contributed by atoms with van der Waals surface area (Å²) in [6.45, 7) is 3.35. The van der Waals surface area contributed by atoms with Crippen molar-refractivity contribution in [2.24, 2.45) is 5.92 Å². The van der Waals surface area contributed by atoms with Crippen molar-refractivity contribution in [2.75, 3.05) is 6.54 Å². The number of hydrazine groups is 1. The predicted octanol–water partition coefficient (Wildman–Crippen LogP) is -0.851. The molecule has 2 aliphatic heterocycles. The van der Waals surface area contributed by atoms with Gasteiger partial charge in [-0.25, -0.2) is 0 Å². The molecule has 0 aromatic carbocycles.